The van der Waals surface area contributed by atoms with E-state index in [1.807, 2.05) is 0 Å². The molecule has 2 nitrogen and oxygen atoms in total. The average molecular weight is 285 g/mol. The van der Waals surface area contributed by atoms with Gasteiger partial charge in [-0.15, -0.1) is 0 Å². The molecule has 112 valence electrons. The van der Waals surface area contributed by atoms with Crippen LogP contribution in [0.1, 0.15) is 58.8 Å². The van der Waals surface area contributed by atoms with Crippen molar-refractivity contribution in [2.75, 3.05) is 19.4 Å². The second-order valence-corrected chi connectivity index (χ2v) is 10.1. The summed E-state index contributed by atoms with van der Waals surface area (Å²) in [6.07, 6.45) is 10.7. The van der Waals surface area contributed by atoms with E-state index in [-0.39, 0.29) is 0 Å². The molecule has 1 saturated carbocycles. The van der Waals surface area contributed by atoms with Gasteiger partial charge in [0.1, 0.15) is 8.80 Å². The molecule has 1 saturated heterocycles. The summed E-state index contributed by atoms with van der Waals surface area (Å²) in [4.78, 5) is 0. The van der Waals surface area contributed by atoms with Crippen molar-refractivity contribution in [3.8, 4) is 0 Å². The third-order valence-electron chi connectivity index (χ3n) is 4.68. The van der Waals surface area contributed by atoms with Gasteiger partial charge >= 0.3 is 0 Å². The van der Waals surface area contributed by atoms with E-state index < -0.39 is 8.80 Å². The number of rotatable bonds is 7. The van der Waals surface area contributed by atoms with Crippen molar-refractivity contribution in [3.05, 3.63) is 0 Å². The second kappa shape index (κ2) is 8.43. The van der Waals surface area contributed by atoms with Crippen LogP contribution in [0, 0.1) is 11.8 Å². The first kappa shape index (κ1) is 15.5. The summed E-state index contributed by atoms with van der Waals surface area (Å²) in [5, 5.41) is 0. The maximum Gasteiger partial charge on any atom is 0.102 e. The second-order valence-electron chi connectivity index (χ2n) is 6.98. The van der Waals surface area contributed by atoms with Crippen molar-refractivity contribution >= 4 is 8.80 Å². The normalized spacial score (nSPS) is 27.0. The molecule has 0 N–H and O–H groups in total. The fraction of sp³-hybridized carbons (Fsp3) is 1.00. The zero-order chi connectivity index (χ0) is 13.5. The van der Waals surface area contributed by atoms with Crippen LogP contribution in [0.5, 0.6) is 0 Å². The molecule has 2 fully saturated rings. The van der Waals surface area contributed by atoms with Crippen molar-refractivity contribution in [3.63, 3.8) is 0 Å². The van der Waals surface area contributed by atoms with Gasteiger partial charge in [-0.3, -0.25) is 0 Å². The first-order valence-corrected chi connectivity index (χ1v) is 10.7. The van der Waals surface area contributed by atoms with E-state index in [4.69, 9.17) is 9.47 Å². The van der Waals surface area contributed by atoms with Gasteiger partial charge in [-0.1, -0.05) is 39.2 Å². The lowest BCUT2D eigenvalue weighted by Gasteiger charge is -2.26. The highest BCUT2D eigenvalue weighted by molar-refractivity contribution is 6.60. The minimum Gasteiger partial charge on any atom is -0.385 e. The standard InChI is InChI=1S/C16H32O2Si/c1-14(2)12-19(16-9-6-10-18-16)13-17-11-15-7-4-3-5-8-15/h14-16,19H,3-13H2,1-2H3. The first-order valence-electron chi connectivity index (χ1n) is 8.45. The summed E-state index contributed by atoms with van der Waals surface area (Å²) in [5.74, 6) is 1.66. The third-order valence-corrected chi connectivity index (χ3v) is 8.46. The highest BCUT2D eigenvalue weighted by Crippen LogP contribution is 2.24. The number of hydrogen-bond acceptors (Lipinski definition) is 2. The van der Waals surface area contributed by atoms with E-state index in [9.17, 15) is 0 Å². The Bertz CT molecular complexity index is 233. The largest absolute Gasteiger partial charge is 0.385 e. The first-order chi connectivity index (χ1) is 9.25. The Labute approximate surface area is 120 Å². The topological polar surface area (TPSA) is 18.5 Å². The molecular weight excluding hydrogens is 252 g/mol. The van der Waals surface area contributed by atoms with Crippen LogP contribution in [0.2, 0.25) is 6.04 Å². The lowest BCUT2D eigenvalue weighted by Crippen LogP contribution is -2.37. The quantitative estimate of drug-likeness (QED) is 0.663. The van der Waals surface area contributed by atoms with Gasteiger partial charge < -0.3 is 9.47 Å². The summed E-state index contributed by atoms with van der Waals surface area (Å²) in [7, 11) is -0.860. The number of ether oxygens (including phenoxy) is 2. The van der Waals surface area contributed by atoms with Gasteiger partial charge in [0.2, 0.25) is 0 Å². The molecule has 1 heterocycles. The van der Waals surface area contributed by atoms with Gasteiger partial charge in [-0.2, -0.15) is 0 Å². The minimum absolute atomic E-state index is 0.605. The van der Waals surface area contributed by atoms with Crippen LogP contribution in [0.25, 0.3) is 0 Å². The van der Waals surface area contributed by atoms with Crippen LogP contribution in [-0.2, 0) is 9.47 Å². The molecule has 1 aliphatic heterocycles. The summed E-state index contributed by atoms with van der Waals surface area (Å²) in [6, 6.07) is 1.38. The van der Waals surface area contributed by atoms with Crippen molar-refractivity contribution in [1.82, 2.24) is 0 Å². The summed E-state index contributed by atoms with van der Waals surface area (Å²) in [6.45, 7) is 6.70. The maximum absolute atomic E-state index is 6.13. The Hall–Kier alpha value is 0.137. The van der Waals surface area contributed by atoms with Crippen LogP contribution in [-0.4, -0.2) is 34.0 Å². The highest BCUT2D eigenvalue weighted by atomic mass is 28.3. The molecule has 2 aliphatic rings. The van der Waals surface area contributed by atoms with E-state index in [1.165, 1.54) is 51.0 Å². The molecule has 0 spiro atoms. The predicted octanol–water partition coefficient (Wildman–Crippen LogP) is 3.72. The van der Waals surface area contributed by atoms with Crippen molar-refractivity contribution < 1.29 is 9.47 Å². The molecule has 0 bridgehead atoms. The Balaban J connectivity index is 1.69. The van der Waals surface area contributed by atoms with Crippen molar-refractivity contribution in [1.29, 1.82) is 0 Å². The molecule has 2 rings (SSSR count). The molecule has 0 aromatic heterocycles. The van der Waals surface area contributed by atoms with E-state index in [0.717, 1.165) is 31.3 Å². The molecule has 0 aromatic carbocycles. The molecule has 19 heavy (non-hydrogen) atoms. The van der Waals surface area contributed by atoms with Gasteiger partial charge in [0.05, 0.1) is 0 Å². The Kier molecular flexibility index (Phi) is 6.89. The fourth-order valence-electron chi connectivity index (χ4n) is 3.65. The number of hydrogen-bond donors (Lipinski definition) is 0. The fourth-order valence-corrected chi connectivity index (χ4v) is 7.07. The Morgan fingerprint density at radius 1 is 1.11 bits per heavy atom. The molecule has 0 aromatic rings. The van der Waals surface area contributed by atoms with Crippen LogP contribution in [0.3, 0.4) is 0 Å². The molecule has 1 aliphatic carbocycles. The summed E-state index contributed by atoms with van der Waals surface area (Å²) < 4.78 is 12.1. The molecule has 3 heteroatoms. The zero-order valence-corrected chi connectivity index (χ0v) is 14.1. The predicted molar refractivity (Wildman–Crippen MR) is 83.2 cm³/mol. The van der Waals surface area contributed by atoms with Gasteiger partial charge in [0, 0.05) is 25.2 Å². The van der Waals surface area contributed by atoms with Crippen molar-refractivity contribution in [2.24, 2.45) is 11.8 Å². The lowest BCUT2D eigenvalue weighted by atomic mass is 9.90. The summed E-state index contributed by atoms with van der Waals surface area (Å²) in [5.41, 5.74) is 0.605. The summed E-state index contributed by atoms with van der Waals surface area (Å²) >= 11 is 0. The van der Waals surface area contributed by atoms with E-state index in [0.29, 0.717) is 5.73 Å². The van der Waals surface area contributed by atoms with E-state index >= 15 is 0 Å². The minimum atomic E-state index is -0.860. The van der Waals surface area contributed by atoms with Crippen LogP contribution >= 0.6 is 0 Å². The molecule has 2 unspecified atom stereocenters. The average Bonchev–Trinajstić information content (AvgIpc) is 2.92. The van der Waals surface area contributed by atoms with E-state index in [1.54, 1.807) is 0 Å². The van der Waals surface area contributed by atoms with Gasteiger partial charge in [0.15, 0.2) is 0 Å². The monoisotopic (exact) mass is 284 g/mol. The Morgan fingerprint density at radius 3 is 2.53 bits per heavy atom. The van der Waals surface area contributed by atoms with Crippen molar-refractivity contribution in [2.45, 2.75) is 70.6 Å². The van der Waals surface area contributed by atoms with Gasteiger partial charge in [0.25, 0.3) is 0 Å². The highest BCUT2D eigenvalue weighted by Gasteiger charge is 2.28. The Morgan fingerprint density at radius 2 is 1.89 bits per heavy atom. The third kappa shape index (κ3) is 5.56. The van der Waals surface area contributed by atoms with E-state index in [2.05, 4.69) is 13.8 Å². The SMILES string of the molecule is CC(C)C[SiH](COCC1CCCCC1)C1CCCO1. The van der Waals surface area contributed by atoms with Gasteiger partial charge in [-0.05, 0) is 37.5 Å². The molecule has 0 amide bonds. The lowest BCUT2D eigenvalue weighted by molar-refractivity contribution is 0.105. The van der Waals surface area contributed by atoms with Crippen LogP contribution in [0.4, 0.5) is 0 Å². The van der Waals surface area contributed by atoms with Crippen LogP contribution < -0.4 is 0 Å². The maximum atomic E-state index is 6.13. The van der Waals surface area contributed by atoms with Gasteiger partial charge in [-0.25, -0.2) is 0 Å². The molecule has 0 radical (unpaired) electrons. The molecule has 2 atom stereocenters. The zero-order valence-electron chi connectivity index (χ0n) is 12.9. The molecular formula is C16H32O2Si. The smallest absolute Gasteiger partial charge is 0.102 e. The van der Waals surface area contributed by atoms with Crippen LogP contribution in [0.15, 0.2) is 0 Å².